The van der Waals surface area contributed by atoms with Crippen LogP contribution in [0.3, 0.4) is 0 Å². The number of carbonyl (C=O) groups is 2. The molecule has 5 nitrogen and oxygen atoms in total. The molecule has 0 saturated carbocycles. The fourth-order valence-corrected chi connectivity index (χ4v) is 2.56. The number of ether oxygens (including phenoxy) is 1. The molecule has 5 heteroatoms. The maximum atomic E-state index is 12.4. The molecule has 2 aromatic rings. The van der Waals surface area contributed by atoms with Crippen molar-refractivity contribution in [2.24, 2.45) is 0 Å². The van der Waals surface area contributed by atoms with Crippen molar-refractivity contribution in [3.8, 4) is 5.75 Å². The minimum absolute atomic E-state index is 0.385. The van der Waals surface area contributed by atoms with Crippen molar-refractivity contribution in [2.45, 2.75) is 5.54 Å². The minimum Gasteiger partial charge on any atom is -0.497 e. The highest BCUT2D eigenvalue weighted by atomic mass is 16.5. The Morgan fingerprint density at radius 1 is 0.905 bits per heavy atom. The fraction of sp³-hybridized carbons (Fsp3) is 0.125. The van der Waals surface area contributed by atoms with Crippen molar-refractivity contribution < 1.29 is 14.3 Å². The van der Waals surface area contributed by atoms with Gasteiger partial charge < -0.3 is 10.1 Å². The van der Waals surface area contributed by atoms with Gasteiger partial charge in [0.05, 0.1) is 7.11 Å². The molecule has 21 heavy (non-hydrogen) atoms. The molecule has 0 bridgehead atoms. The summed E-state index contributed by atoms with van der Waals surface area (Å²) in [5, 5.41) is 5.06. The van der Waals surface area contributed by atoms with Crippen LogP contribution in [0, 0.1) is 0 Å². The van der Waals surface area contributed by atoms with Gasteiger partial charge in [-0.15, -0.1) is 0 Å². The van der Waals surface area contributed by atoms with E-state index in [1.54, 1.807) is 31.4 Å². The highest BCUT2D eigenvalue weighted by Crippen LogP contribution is 2.33. The summed E-state index contributed by atoms with van der Waals surface area (Å²) in [5.41, 5.74) is 0.182. The summed E-state index contributed by atoms with van der Waals surface area (Å²) in [4.78, 5) is 24.1. The summed E-state index contributed by atoms with van der Waals surface area (Å²) >= 11 is 0. The summed E-state index contributed by atoms with van der Waals surface area (Å²) in [6, 6.07) is 15.7. The van der Waals surface area contributed by atoms with Crippen LogP contribution in [-0.2, 0) is 10.3 Å². The molecular formula is C16H14N2O3. The lowest BCUT2D eigenvalue weighted by molar-refractivity contribution is -0.122. The molecule has 0 unspecified atom stereocenters. The first-order valence-electron chi connectivity index (χ1n) is 6.50. The predicted molar refractivity (Wildman–Crippen MR) is 76.9 cm³/mol. The molecule has 0 aliphatic carbocycles. The number of imide groups is 1. The van der Waals surface area contributed by atoms with E-state index < -0.39 is 11.6 Å². The number of nitrogens with one attached hydrogen (secondary N) is 2. The SMILES string of the molecule is COc1ccc([C@@]2(c3ccccc3)NC(=O)NC2=O)cc1. The van der Waals surface area contributed by atoms with Gasteiger partial charge in [-0.25, -0.2) is 4.79 Å². The second-order valence-electron chi connectivity index (χ2n) is 4.75. The van der Waals surface area contributed by atoms with Gasteiger partial charge in [-0.05, 0) is 23.3 Å². The highest BCUT2D eigenvalue weighted by Gasteiger charge is 2.49. The number of hydrogen-bond donors (Lipinski definition) is 2. The maximum absolute atomic E-state index is 12.4. The smallest absolute Gasteiger partial charge is 0.322 e. The van der Waals surface area contributed by atoms with E-state index in [1.807, 2.05) is 30.3 Å². The van der Waals surface area contributed by atoms with E-state index in [9.17, 15) is 9.59 Å². The fourth-order valence-electron chi connectivity index (χ4n) is 2.56. The number of urea groups is 1. The summed E-state index contributed by atoms with van der Waals surface area (Å²) in [6.07, 6.45) is 0. The molecule has 0 spiro atoms. The Bertz CT molecular complexity index is 682. The standard InChI is InChI=1S/C16H14N2O3/c1-21-13-9-7-12(8-10-13)16(11-5-3-2-4-6-11)14(19)17-15(20)18-16/h2-10H,1H3,(H2,17,18,19,20)/t16-/m1/s1. The Morgan fingerprint density at radius 3 is 2.05 bits per heavy atom. The van der Waals surface area contributed by atoms with Gasteiger partial charge in [-0.1, -0.05) is 42.5 Å². The summed E-state index contributed by atoms with van der Waals surface area (Å²) in [7, 11) is 1.58. The normalized spacial score (nSPS) is 20.8. The van der Waals surface area contributed by atoms with Crippen LogP contribution < -0.4 is 15.4 Å². The number of rotatable bonds is 3. The topological polar surface area (TPSA) is 67.4 Å². The molecule has 1 heterocycles. The lowest BCUT2D eigenvalue weighted by atomic mass is 9.83. The molecule has 1 aliphatic rings. The van der Waals surface area contributed by atoms with E-state index in [2.05, 4.69) is 10.6 Å². The first-order chi connectivity index (χ1) is 10.2. The largest absolute Gasteiger partial charge is 0.497 e. The molecule has 1 aliphatic heterocycles. The van der Waals surface area contributed by atoms with E-state index in [0.717, 1.165) is 0 Å². The van der Waals surface area contributed by atoms with Crippen molar-refractivity contribution in [1.82, 2.24) is 10.6 Å². The van der Waals surface area contributed by atoms with Crippen molar-refractivity contribution in [3.05, 3.63) is 65.7 Å². The van der Waals surface area contributed by atoms with Gasteiger partial charge in [-0.2, -0.15) is 0 Å². The monoisotopic (exact) mass is 282 g/mol. The summed E-state index contributed by atoms with van der Waals surface area (Å²) in [5.74, 6) is 0.301. The molecule has 1 atom stereocenters. The first kappa shape index (κ1) is 13.2. The van der Waals surface area contributed by atoms with Crippen LogP contribution in [0.1, 0.15) is 11.1 Å². The second kappa shape index (κ2) is 4.94. The van der Waals surface area contributed by atoms with Crippen LogP contribution in [0.4, 0.5) is 4.79 Å². The predicted octanol–water partition coefficient (Wildman–Crippen LogP) is 1.78. The zero-order valence-electron chi connectivity index (χ0n) is 11.4. The summed E-state index contributed by atoms with van der Waals surface area (Å²) < 4.78 is 5.13. The molecule has 0 radical (unpaired) electrons. The van der Waals surface area contributed by atoms with E-state index in [-0.39, 0.29) is 5.91 Å². The molecule has 106 valence electrons. The number of benzene rings is 2. The highest BCUT2D eigenvalue weighted by molar-refractivity contribution is 6.09. The zero-order valence-corrected chi connectivity index (χ0v) is 11.4. The maximum Gasteiger partial charge on any atom is 0.322 e. The van der Waals surface area contributed by atoms with Crippen LogP contribution in [0.25, 0.3) is 0 Å². The molecule has 0 aromatic heterocycles. The Hall–Kier alpha value is -2.82. The van der Waals surface area contributed by atoms with Crippen LogP contribution >= 0.6 is 0 Å². The zero-order chi connectivity index (χ0) is 14.9. The Labute approximate surface area is 121 Å². The van der Waals surface area contributed by atoms with E-state index in [0.29, 0.717) is 16.9 Å². The van der Waals surface area contributed by atoms with Crippen molar-refractivity contribution >= 4 is 11.9 Å². The Kier molecular flexibility index (Phi) is 3.10. The first-order valence-corrected chi connectivity index (χ1v) is 6.50. The lowest BCUT2D eigenvalue weighted by Gasteiger charge is -2.27. The van der Waals surface area contributed by atoms with Crippen molar-refractivity contribution in [1.29, 1.82) is 0 Å². The molecule has 1 fully saturated rings. The molecule has 3 amide bonds. The number of carbonyl (C=O) groups excluding carboxylic acids is 2. The van der Waals surface area contributed by atoms with E-state index in [4.69, 9.17) is 4.74 Å². The molecule has 3 rings (SSSR count). The number of hydrogen-bond acceptors (Lipinski definition) is 3. The van der Waals surface area contributed by atoms with Gasteiger partial charge in [0.15, 0.2) is 5.54 Å². The Balaban J connectivity index is 2.17. The van der Waals surface area contributed by atoms with E-state index >= 15 is 0 Å². The third-order valence-corrected chi connectivity index (χ3v) is 3.60. The van der Waals surface area contributed by atoms with Crippen LogP contribution in [0.15, 0.2) is 54.6 Å². The van der Waals surface area contributed by atoms with Gasteiger partial charge in [0.25, 0.3) is 5.91 Å². The quantitative estimate of drug-likeness (QED) is 0.843. The van der Waals surface area contributed by atoms with Gasteiger partial charge in [0.2, 0.25) is 0 Å². The van der Waals surface area contributed by atoms with Gasteiger partial charge in [0.1, 0.15) is 5.75 Å². The number of amides is 3. The van der Waals surface area contributed by atoms with Gasteiger partial charge in [0, 0.05) is 0 Å². The minimum atomic E-state index is -1.20. The molecule has 2 aromatic carbocycles. The van der Waals surface area contributed by atoms with Crippen LogP contribution in [0.5, 0.6) is 5.75 Å². The van der Waals surface area contributed by atoms with Crippen LogP contribution in [0.2, 0.25) is 0 Å². The van der Waals surface area contributed by atoms with Gasteiger partial charge in [-0.3, -0.25) is 10.1 Å². The van der Waals surface area contributed by atoms with Crippen molar-refractivity contribution in [3.63, 3.8) is 0 Å². The van der Waals surface area contributed by atoms with E-state index in [1.165, 1.54) is 0 Å². The second-order valence-corrected chi connectivity index (χ2v) is 4.75. The molecule has 1 saturated heterocycles. The summed E-state index contributed by atoms with van der Waals surface area (Å²) in [6.45, 7) is 0. The number of methoxy groups -OCH3 is 1. The average Bonchev–Trinajstić information content (AvgIpc) is 2.84. The van der Waals surface area contributed by atoms with Crippen molar-refractivity contribution in [2.75, 3.05) is 7.11 Å². The third-order valence-electron chi connectivity index (χ3n) is 3.60. The Morgan fingerprint density at radius 2 is 1.52 bits per heavy atom. The van der Waals surface area contributed by atoms with Crippen LogP contribution in [-0.4, -0.2) is 19.0 Å². The molecule has 2 N–H and O–H groups in total. The third kappa shape index (κ3) is 2.03. The molecular weight excluding hydrogens is 268 g/mol. The lowest BCUT2D eigenvalue weighted by Crippen LogP contribution is -2.44. The average molecular weight is 282 g/mol. The van der Waals surface area contributed by atoms with Gasteiger partial charge >= 0.3 is 6.03 Å².